The number of benzene rings is 1. The van der Waals surface area contributed by atoms with Crippen molar-refractivity contribution in [3.8, 4) is 0 Å². The highest BCUT2D eigenvalue weighted by Crippen LogP contribution is 2.30. The molecule has 1 N–H and O–H groups in total. The van der Waals surface area contributed by atoms with Gasteiger partial charge in [0.1, 0.15) is 10.5 Å². The third kappa shape index (κ3) is 4.06. The molecule has 1 amide bonds. The molecule has 1 aromatic carbocycles. The van der Waals surface area contributed by atoms with Gasteiger partial charge >= 0.3 is 0 Å². The molecule has 0 aliphatic carbocycles. The summed E-state index contributed by atoms with van der Waals surface area (Å²) in [4.78, 5) is 17.4. The molecule has 0 radical (unpaired) electrons. The molecule has 4 aromatic rings. The van der Waals surface area contributed by atoms with Crippen LogP contribution in [-0.2, 0) is 11.8 Å². The lowest BCUT2D eigenvalue weighted by atomic mass is 10.2. The van der Waals surface area contributed by atoms with Gasteiger partial charge in [0.15, 0.2) is 5.65 Å². The first-order valence-electron chi connectivity index (χ1n) is 9.46. The number of nitrogens with zero attached hydrogens (tertiary/aromatic N) is 6. The van der Waals surface area contributed by atoms with E-state index in [1.165, 1.54) is 23.1 Å². The smallest absolute Gasteiger partial charge is 0.239 e. The number of rotatable bonds is 6. The highest BCUT2D eigenvalue weighted by atomic mass is 79.9. The Morgan fingerprint density at radius 2 is 2.07 bits per heavy atom. The monoisotopic (exact) mass is 505 g/mol. The van der Waals surface area contributed by atoms with E-state index < -0.39 is 0 Å². The van der Waals surface area contributed by atoms with Gasteiger partial charge in [-0.3, -0.25) is 10.1 Å². The molecular weight excluding hydrogens is 486 g/mol. The van der Waals surface area contributed by atoms with Crippen LogP contribution in [0.3, 0.4) is 0 Å². The standard InChI is InChI=1S/C19H20BrN7OS2/c1-5-13(16(28)22-19-26-24-17(30-19)9(2)3)29-18-21-15-14(23-25-18)11-8-10(20)6-7-12(11)27(15)4/h6-9,13H,5H2,1-4H3,(H,22,26,28)/t13-/m0/s1. The van der Waals surface area contributed by atoms with E-state index in [0.29, 0.717) is 16.7 Å². The zero-order chi connectivity index (χ0) is 21.4. The molecule has 0 unspecified atom stereocenters. The molecule has 30 heavy (non-hydrogen) atoms. The second kappa shape index (κ2) is 8.56. The summed E-state index contributed by atoms with van der Waals surface area (Å²) < 4.78 is 2.97. The second-order valence-corrected chi connectivity index (χ2v) is 10.2. The van der Waals surface area contributed by atoms with Crippen molar-refractivity contribution in [2.24, 2.45) is 7.05 Å². The minimum Gasteiger partial charge on any atom is -0.327 e. The first kappa shape index (κ1) is 21.1. The van der Waals surface area contributed by atoms with E-state index >= 15 is 0 Å². The molecule has 0 saturated carbocycles. The van der Waals surface area contributed by atoms with Crippen LogP contribution in [0.4, 0.5) is 5.13 Å². The van der Waals surface area contributed by atoms with E-state index in [1.807, 2.05) is 50.6 Å². The molecule has 0 aliphatic heterocycles. The van der Waals surface area contributed by atoms with E-state index in [9.17, 15) is 4.79 Å². The Morgan fingerprint density at radius 3 is 2.77 bits per heavy atom. The first-order valence-corrected chi connectivity index (χ1v) is 12.0. The minimum atomic E-state index is -0.362. The molecule has 0 aliphatic rings. The number of aromatic nitrogens is 6. The zero-order valence-corrected chi connectivity index (χ0v) is 20.1. The molecule has 0 spiro atoms. The van der Waals surface area contributed by atoms with Crippen LogP contribution in [0, 0.1) is 0 Å². The Labute approximate surface area is 190 Å². The number of nitrogens with one attached hydrogen (secondary N) is 1. The fourth-order valence-electron chi connectivity index (χ4n) is 3.02. The minimum absolute atomic E-state index is 0.140. The van der Waals surface area contributed by atoms with Gasteiger partial charge in [-0.25, -0.2) is 4.98 Å². The zero-order valence-electron chi connectivity index (χ0n) is 16.9. The van der Waals surface area contributed by atoms with Crippen LogP contribution in [0.1, 0.15) is 38.1 Å². The maximum atomic E-state index is 12.8. The maximum absolute atomic E-state index is 12.8. The summed E-state index contributed by atoms with van der Waals surface area (Å²) in [5, 5.41) is 22.2. The highest BCUT2D eigenvalue weighted by Gasteiger charge is 2.22. The van der Waals surface area contributed by atoms with Crippen LogP contribution in [-0.4, -0.2) is 41.1 Å². The number of hydrogen-bond donors (Lipinski definition) is 1. The average molecular weight is 506 g/mol. The van der Waals surface area contributed by atoms with Crippen LogP contribution in [0.5, 0.6) is 0 Å². The van der Waals surface area contributed by atoms with Crippen LogP contribution < -0.4 is 5.32 Å². The van der Waals surface area contributed by atoms with Crippen molar-refractivity contribution in [3.05, 3.63) is 27.7 Å². The summed E-state index contributed by atoms with van der Waals surface area (Å²) in [6.07, 6.45) is 0.621. The quantitative estimate of drug-likeness (QED) is 0.377. The van der Waals surface area contributed by atoms with Gasteiger partial charge in [-0.05, 0) is 24.6 Å². The van der Waals surface area contributed by atoms with Crippen molar-refractivity contribution in [1.82, 2.24) is 29.9 Å². The van der Waals surface area contributed by atoms with Crippen molar-refractivity contribution >= 4 is 72.1 Å². The number of fused-ring (bicyclic) bond motifs is 3. The Balaban J connectivity index is 1.57. The summed E-state index contributed by atoms with van der Waals surface area (Å²) >= 11 is 6.20. The number of carbonyl (C=O) groups is 1. The van der Waals surface area contributed by atoms with Crippen molar-refractivity contribution in [2.75, 3.05) is 5.32 Å². The van der Waals surface area contributed by atoms with Gasteiger partial charge < -0.3 is 4.57 Å². The van der Waals surface area contributed by atoms with E-state index in [0.717, 1.165) is 31.5 Å². The van der Waals surface area contributed by atoms with Gasteiger partial charge in [-0.1, -0.05) is 59.8 Å². The molecule has 0 fully saturated rings. The van der Waals surface area contributed by atoms with E-state index in [4.69, 9.17) is 0 Å². The molecular formula is C19H20BrN7OS2. The number of halogens is 1. The van der Waals surface area contributed by atoms with Gasteiger partial charge in [-0.2, -0.15) is 0 Å². The Morgan fingerprint density at radius 1 is 1.27 bits per heavy atom. The third-order valence-corrected chi connectivity index (χ3v) is 7.47. The molecule has 8 nitrogen and oxygen atoms in total. The fourth-order valence-corrected chi connectivity index (χ4v) is 4.94. The lowest BCUT2D eigenvalue weighted by Gasteiger charge is -2.11. The third-order valence-electron chi connectivity index (χ3n) is 4.62. The normalized spacial score (nSPS) is 12.7. The van der Waals surface area contributed by atoms with Crippen LogP contribution in [0.25, 0.3) is 22.1 Å². The average Bonchev–Trinajstić information content (AvgIpc) is 3.29. The van der Waals surface area contributed by atoms with Crippen molar-refractivity contribution in [1.29, 1.82) is 0 Å². The number of aryl methyl sites for hydroxylation is 1. The summed E-state index contributed by atoms with van der Waals surface area (Å²) in [5.74, 6) is 0.135. The molecule has 3 aromatic heterocycles. The summed E-state index contributed by atoms with van der Waals surface area (Å²) in [6.45, 7) is 6.04. The topological polar surface area (TPSA) is 98.5 Å². The number of amides is 1. The van der Waals surface area contributed by atoms with E-state index in [2.05, 4.69) is 46.6 Å². The lowest BCUT2D eigenvalue weighted by molar-refractivity contribution is -0.115. The molecule has 1 atom stereocenters. The SMILES string of the molecule is CC[C@H](Sc1nnc2c3cc(Br)ccc3n(C)c2n1)C(=O)Nc1nnc(C(C)C)s1. The molecule has 0 saturated heterocycles. The highest BCUT2D eigenvalue weighted by molar-refractivity contribution is 9.10. The molecule has 4 rings (SSSR count). The van der Waals surface area contributed by atoms with Crippen molar-refractivity contribution < 1.29 is 4.79 Å². The lowest BCUT2D eigenvalue weighted by Crippen LogP contribution is -2.24. The van der Waals surface area contributed by atoms with Gasteiger partial charge in [0.25, 0.3) is 0 Å². The second-order valence-electron chi connectivity index (χ2n) is 7.09. The number of carbonyl (C=O) groups excluding carboxylic acids is 1. The van der Waals surface area contributed by atoms with Gasteiger partial charge in [0.2, 0.25) is 16.2 Å². The number of hydrogen-bond acceptors (Lipinski definition) is 8. The van der Waals surface area contributed by atoms with Gasteiger partial charge in [0, 0.05) is 22.8 Å². The summed E-state index contributed by atoms with van der Waals surface area (Å²) in [6, 6.07) is 6.02. The van der Waals surface area contributed by atoms with E-state index in [1.54, 1.807) is 0 Å². The predicted molar refractivity (Wildman–Crippen MR) is 124 cm³/mol. The molecule has 11 heteroatoms. The molecule has 156 valence electrons. The summed E-state index contributed by atoms with van der Waals surface area (Å²) in [7, 11) is 1.95. The van der Waals surface area contributed by atoms with Crippen LogP contribution in [0.15, 0.2) is 27.8 Å². The number of anilines is 1. The maximum Gasteiger partial charge on any atom is 0.239 e. The predicted octanol–water partition coefficient (Wildman–Crippen LogP) is 4.76. The summed E-state index contributed by atoms with van der Waals surface area (Å²) in [5.41, 5.74) is 2.51. The Kier molecular flexibility index (Phi) is 6.03. The van der Waals surface area contributed by atoms with E-state index in [-0.39, 0.29) is 17.1 Å². The first-order chi connectivity index (χ1) is 14.4. The fraction of sp³-hybridized carbons (Fsp3) is 0.368. The van der Waals surface area contributed by atoms with Crippen molar-refractivity contribution in [2.45, 2.75) is 43.5 Å². The number of thioether (sulfide) groups is 1. The molecule has 3 heterocycles. The van der Waals surface area contributed by atoms with Gasteiger partial charge in [-0.15, -0.1) is 20.4 Å². The largest absolute Gasteiger partial charge is 0.327 e. The van der Waals surface area contributed by atoms with Gasteiger partial charge in [0.05, 0.1) is 10.8 Å². The van der Waals surface area contributed by atoms with Crippen molar-refractivity contribution in [3.63, 3.8) is 0 Å². The van der Waals surface area contributed by atoms with Crippen LogP contribution in [0.2, 0.25) is 0 Å². The van der Waals surface area contributed by atoms with Crippen LogP contribution >= 0.6 is 39.0 Å². The molecule has 0 bridgehead atoms. The Hall–Kier alpha value is -2.11. The Bertz CT molecular complexity index is 1240.